The Morgan fingerprint density at radius 3 is 2.42 bits per heavy atom. The molecule has 3 aromatic rings. The summed E-state index contributed by atoms with van der Waals surface area (Å²) in [6, 6.07) is 2.07. The molecule has 52 heavy (non-hydrogen) atoms. The van der Waals surface area contributed by atoms with Gasteiger partial charge in [-0.1, -0.05) is 11.6 Å². The number of fused-ring (bicyclic) bond motifs is 5. The molecule has 2 aromatic carbocycles. The van der Waals surface area contributed by atoms with Crippen LogP contribution >= 0.6 is 11.6 Å². The number of aliphatic hydroxyl groups is 1. The molecule has 1 saturated carbocycles. The van der Waals surface area contributed by atoms with Crippen LogP contribution in [0.3, 0.4) is 0 Å². The van der Waals surface area contributed by atoms with Gasteiger partial charge in [0.2, 0.25) is 0 Å². The van der Waals surface area contributed by atoms with Crippen molar-refractivity contribution in [3.63, 3.8) is 0 Å². The smallest absolute Gasteiger partial charge is 0.418 e. The molecular formula is C37H42ClF5N6O3. The summed E-state index contributed by atoms with van der Waals surface area (Å²) >= 11 is 6.15. The number of halogens is 6. The van der Waals surface area contributed by atoms with E-state index >= 15 is 4.39 Å². The van der Waals surface area contributed by atoms with Gasteiger partial charge in [0.1, 0.15) is 11.3 Å². The first-order valence-electron chi connectivity index (χ1n) is 18.0. The highest BCUT2D eigenvalue weighted by atomic mass is 35.5. The SMILES string of the molecule is C[C@@H](O)CN1CC2CCC(C1)N2c1nc(OCC2(CN3CCC(=CF)CC3)CC2)nc2c(F)c(-c3cc(N)cc(Cl)c3C(F)(F)F)c3c(c12)COC3. The maximum absolute atomic E-state index is 17.3. The molecule has 3 N–H and O–H groups in total. The Balaban J connectivity index is 1.24. The van der Waals surface area contributed by atoms with Crippen LogP contribution in [0.25, 0.3) is 22.0 Å². The van der Waals surface area contributed by atoms with Crippen molar-refractivity contribution in [1.29, 1.82) is 0 Å². The van der Waals surface area contributed by atoms with Crippen LogP contribution in [-0.2, 0) is 24.1 Å². The Hall–Kier alpha value is -3.30. The van der Waals surface area contributed by atoms with Crippen LogP contribution in [0.15, 0.2) is 24.0 Å². The number of hydrogen-bond donors (Lipinski definition) is 2. The molecule has 0 radical (unpaired) electrons. The summed E-state index contributed by atoms with van der Waals surface area (Å²) < 4.78 is 86.2. The van der Waals surface area contributed by atoms with Crippen LogP contribution < -0.4 is 15.4 Å². The van der Waals surface area contributed by atoms with Gasteiger partial charge < -0.3 is 30.1 Å². The molecule has 9 nitrogen and oxygen atoms in total. The number of likely N-dealkylation sites (tertiary alicyclic amines) is 2. The number of anilines is 2. The molecule has 3 atom stereocenters. The lowest BCUT2D eigenvalue weighted by Gasteiger charge is -2.42. The van der Waals surface area contributed by atoms with Gasteiger partial charge in [-0.25, -0.2) is 8.78 Å². The third-order valence-electron chi connectivity index (χ3n) is 11.4. The Labute approximate surface area is 303 Å². The number of rotatable bonds is 9. The number of benzene rings is 2. The van der Waals surface area contributed by atoms with Gasteiger partial charge in [0.15, 0.2) is 5.82 Å². The van der Waals surface area contributed by atoms with Crippen molar-refractivity contribution in [3.05, 3.63) is 51.6 Å². The average Bonchev–Trinajstić information content (AvgIpc) is 3.57. The van der Waals surface area contributed by atoms with Crippen molar-refractivity contribution in [2.75, 3.05) is 56.5 Å². The van der Waals surface area contributed by atoms with Crippen molar-refractivity contribution in [1.82, 2.24) is 19.8 Å². The van der Waals surface area contributed by atoms with Crippen LogP contribution in [0.5, 0.6) is 6.01 Å². The topological polar surface area (TPSA) is 100 Å². The van der Waals surface area contributed by atoms with Gasteiger partial charge in [-0.3, -0.25) is 4.90 Å². The number of ether oxygens (including phenoxy) is 2. The number of aliphatic hydroxyl groups excluding tert-OH is 1. The highest BCUT2D eigenvalue weighted by molar-refractivity contribution is 6.32. The van der Waals surface area contributed by atoms with Crippen molar-refractivity contribution in [2.45, 2.75) is 83.0 Å². The third-order valence-corrected chi connectivity index (χ3v) is 11.7. The number of hydrogen-bond acceptors (Lipinski definition) is 9. The summed E-state index contributed by atoms with van der Waals surface area (Å²) in [6.07, 6.45) is 0.230. The van der Waals surface area contributed by atoms with E-state index in [0.717, 1.165) is 63.0 Å². The monoisotopic (exact) mass is 748 g/mol. The molecular weight excluding hydrogens is 707 g/mol. The quantitative estimate of drug-likeness (QED) is 0.180. The van der Waals surface area contributed by atoms with E-state index in [0.29, 0.717) is 55.6 Å². The standard InChI is InChI=1S/C37H42ClF5N6O3/c1-20(50)13-48-14-23-2-3-24(15-48)49(23)34-30-27-17-51-16-26(27)29(25-10-22(44)11-28(38)31(25)37(41,42)43)32(40)33(30)45-35(46-34)52-19-36(6-7-36)18-47-8-4-21(12-39)5-9-47/h10-12,20,23-24,50H,2-9,13-19,44H2,1H3/t20-,23?,24?/m1/s1. The van der Waals surface area contributed by atoms with Gasteiger partial charge in [-0.15, -0.1) is 0 Å². The van der Waals surface area contributed by atoms with E-state index < -0.39 is 34.2 Å². The number of β-amino-alcohol motifs (C(OH)–C–C–N with tert-alkyl or cyclic N) is 1. The van der Waals surface area contributed by atoms with Crippen molar-refractivity contribution in [2.24, 2.45) is 5.41 Å². The van der Waals surface area contributed by atoms with E-state index in [2.05, 4.69) is 19.7 Å². The number of piperidine rings is 1. The van der Waals surface area contributed by atoms with Crippen LogP contribution in [0.4, 0.5) is 33.5 Å². The number of nitrogens with zero attached hydrogens (tertiary/aromatic N) is 5. The zero-order valence-corrected chi connectivity index (χ0v) is 29.7. The van der Waals surface area contributed by atoms with E-state index in [4.69, 9.17) is 31.8 Å². The number of piperazine rings is 1. The van der Waals surface area contributed by atoms with Crippen molar-refractivity contribution in [3.8, 4) is 17.1 Å². The predicted molar refractivity (Wildman–Crippen MR) is 187 cm³/mol. The summed E-state index contributed by atoms with van der Waals surface area (Å²) in [6.45, 7) is 6.08. The molecule has 280 valence electrons. The lowest BCUT2D eigenvalue weighted by molar-refractivity contribution is -0.137. The van der Waals surface area contributed by atoms with Crippen LogP contribution in [0, 0.1) is 11.2 Å². The highest BCUT2D eigenvalue weighted by Crippen LogP contribution is 2.51. The molecule has 3 saturated heterocycles. The molecule has 4 fully saturated rings. The summed E-state index contributed by atoms with van der Waals surface area (Å²) in [4.78, 5) is 16.3. The van der Waals surface area contributed by atoms with Crippen LogP contribution in [0.1, 0.15) is 62.1 Å². The third kappa shape index (κ3) is 6.59. The highest BCUT2D eigenvalue weighted by Gasteiger charge is 2.47. The number of nitrogens with two attached hydrogens (primary N) is 1. The van der Waals surface area contributed by atoms with Crippen LogP contribution in [0.2, 0.25) is 5.02 Å². The average molecular weight is 749 g/mol. The van der Waals surface area contributed by atoms with E-state index in [1.807, 2.05) is 0 Å². The first kappa shape index (κ1) is 35.7. The first-order chi connectivity index (χ1) is 24.8. The predicted octanol–water partition coefficient (Wildman–Crippen LogP) is 6.86. The summed E-state index contributed by atoms with van der Waals surface area (Å²) in [5.74, 6) is -0.476. The number of nitrogen functional groups attached to an aromatic ring is 1. The van der Waals surface area contributed by atoms with Gasteiger partial charge in [0.25, 0.3) is 0 Å². The maximum atomic E-state index is 17.3. The number of alkyl halides is 3. The van der Waals surface area contributed by atoms with E-state index in [1.165, 1.54) is 0 Å². The fourth-order valence-electron chi connectivity index (χ4n) is 8.82. The minimum Gasteiger partial charge on any atom is -0.463 e. The zero-order valence-electron chi connectivity index (χ0n) is 28.9. The largest absolute Gasteiger partial charge is 0.463 e. The van der Waals surface area contributed by atoms with Gasteiger partial charge >= 0.3 is 12.2 Å². The Morgan fingerprint density at radius 1 is 1.10 bits per heavy atom. The fraction of sp³-hybridized carbons (Fsp3) is 0.568. The second kappa shape index (κ2) is 13.5. The van der Waals surface area contributed by atoms with Gasteiger partial charge in [0, 0.05) is 73.6 Å². The maximum Gasteiger partial charge on any atom is 0.418 e. The Bertz CT molecular complexity index is 1900. The van der Waals surface area contributed by atoms with E-state index in [9.17, 15) is 22.7 Å². The normalized spacial score (nSPS) is 23.7. The zero-order chi connectivity index (χ0) is 36.5. The summed E-state index contributed by atoms with van der Waals surface area (Å²) in [5, 5.41) is 9.89. The van der Waals surface area contributed by atoms with Crippen molar-refractivity contribution < 1.29 is 36.5 Å². The fourth-order valence-corrected chi connectivity index (χ4v) is 9.16. The minimum absolute atomic E-state index is 0.00542. The van der Waals surface area contributed by atoms with Gasteiger partial charge in [-0.05, 0) is 74.3 Å². The molecule has 0 amide bonds. The molecule has 8 rings (SSSR count). The molecule has 5 aliphatic rings. The van der Waals surface area contributed by atoms with Gasteiger partial charge in [-0.2, -0.15) is 23.1 Å². The second-order valence-electron chi connectivity index (χ2n) is 15.3. The first-order valence-corrected chi connectivity index (χ1v) is 18.3. The van der Waals surface area contributed by atoms with E-state index in [-0.39, 0.29) is 65.7 Å². The lowest BCUT2D eigenvalue weighted by Crippen LogP contribution is -2.55. The second-order valence-corrected chi connectivity index (χ2v) is 15.7. The van der Waals surface area contributed by atoms with E-state index in [1.54, 1.807) is 6.92 Å². The van der Waals surface area contributed by atoms with Crippen LogP contribution in [-0.4, -0.2) is 88.9 Å². The lowest BCUT2D eigenvalue weighted by atomic mass is 9.89. The molecule has 1 aliphatic carbocycles. The molecule has 2 bridgehead atoms. The Morgan fingerprint density at radius 2 is 1.79 bits per heavy atom. The molecule has 2 unspecified atom stereocenters. The molecule has 15 heteroatoms. The van der Waals surface area contributed by atoms with Crippen molar-refractivity contribution >= 4 is 34.0 Å². The molecule has 0 spiro atoms. The molecule has 4 aliphatic heterocycles. The molecule has 1 aromatic heterocycles. The molecule has 5 heterocycles. The summed E-state index contributed by atoms with van der Waals surface area (Å²) in [7, 11) is 0. The van der Waals surface area contributed by atoms with Gasteiger partial charge in [0.05, 0.1) is 48.2 Å². The Kier molecular flexibility index (Phi) is 9.29. The number of aromatic nitrogens is 2. The minimum atomic E-state index is -4.90. The summed E-state index contributed by atoms with van der Waals surface area (Å²) in [5.41, 5.74) is 5.32.